The first-order valence-electron chi connectivity index (χ1n) is 8.09. The van der Waals surface area contributed by atoms with E-state index in [-0.39, 0.29) is 6.10 Å². The molecule has 2 atom stereocenters. The first kappa shape index (κ1) is 14.3. The molecule has 2 heteroatoms. The third-order valence-electron chi connectivity index (χ3n) is 5.41. The number of hydrogen-bond acceptors (Lipinski definition) is 2. The highest BCUT2D eigenvalue weighted by atomic mass is 16.3. The molecule has 2 unspecified atom stereocenters. The van der Waals surface area contributed by atoms with Gasteiger partial charge in [-0.15, -0.1) is 0 Å². The minimum Gasteiger partial charge on any atom is -0.393 e. The smallest absolute Gasteiger partial charge is 0.0580 e. The zero-order chi connectivity index (χ0) is 13.0. The number of aliphatic hydroxyl groups excluding tert-OH is 1. The van der Waals surface area contributed by atoms with E-state index in [1.165, 1.54) is 51.4 Å². The molecule has 0 amide bonds. The molecule has 0 aromatic heterocycles. The minimum absolute atomic E-state index is 0.0341. The number of rotatable bonds is 4. The molecule has 0 aliphatic heterocycles. The summed E-state index contributed by atoms with van der Waals surface area (Å²) in [5.41, 5.74) is 0. The van der Waals surface area contributed by atoms with Gasteiger partial charge >= 0.3 is 0 Å². The van der Waals surface area contributed by atoms with Crippen LogP contribution < -0.4 is 0 Å². The fourth-order valence-electron chi connectivity index (χ4n) is 3.91. The van der Waals surface area contributed by atoms with Crippen LogP contribution in [0.2, 0.25) is 0 Å². The van der Waals surface area contributed by atoms with Gasteiger partial charge in [-0.1, -0.05) is 26.2 Å². The molecule has 2 nitrogen and oxygen atoms in total. The Morgan fingerprint density at radius 1 is 1.00 bits per heavy atom. The molecule has 0 radical (unpaired) electrons. The molecule has 1 N–H and O–H groups in total. The van der Waals surface area contributed by atoms with Gasteiger partial charge in [0, 0.05) is 12.6 Å². The van der Waals surface area contributed by atoms with Crippen LogP contribution in [-0.2, 0) is 0 Å². The van der Waals surface area contributed by atoms with Crippen molar-refractivity contribution in [3.05, 3.63) is 0 Å². The maximum Gasteiger partial charge on any atom is 0.0580 e. The van der Waals surface area contributed by atoms with Gasteiger partial charge in [0.15, 0.2) is 0 Å². The summed E-state index contributed by atoms with van der Waals surface area (Å²) in [6.45, 7) is 3.44. The van der Waals surface area contributed by atoms with Crippen LogP contribution in [0.4, 0.5) is 0 Å². The van der Waals surface area contributed by atoms with Crippen LogP contribution in [0.5, 0.6) is 0 Å². The fraction of sp³-hybridized carbons (Fsp3) is 1.00. The summed E-state index contributed by atoms with van der Waals surface area (Å²) in [7, 11) is 2.28. The van der Waals surface area contributed by atoms with Crippen molar-refractivity contribution >= 4 is 0 Å². The maximum absolute atomic E-state index is 10.1. The highest BCUT2D eigenvalue weighted by molar-refractivity contribution is 4.82. The van der Waals surface area contributed by atoms with E-state index in [4.69, 9.17) is 0 Å². The van der Waals surface area contributed by atoms with Crippen molar-refractivity contribution in [1.82, 2.24) is 4.90 Å². The first-order valence-corrected chi connectivity index (χ1v) is 8.09. The van der Waals surface area contributed by atoms with E-state index in [0.29, 0.717) is 5.92 Å². The van der Waals surface area contributed by atoms with Gasteiger partial charge in [0.25, 0.3) is 0 Å². The van der Waals surface area contributed by atoms with E-state index >= 15 is 0 Å². The fourth-order valence-corrected chi connectivity index (χ4v) is 3.91. The Balaban J connectivity index is 1.75. The van der Waals surface area contributed by atoms with Crippen molar-refractivity contribution in [3.63, 3.8) is 0 Å². The Bertz CT molecular complexity index is 235. The summed E-state index contributed by atoms with van der Waals surface area (Å²) in [5.74, 6) is 1.52. The van der Waals surface area contributed by atoms with Crippen LogP contribution >= 0.6 is 0 Å². The highest BCUT2D eigenvalue weighted by Crippen LogP contribution is 2.31. The van der Waals surface area contributed by atoms with E-state index in [2.05, 4.69) is 18.9 Å². The molecule has 2 aliphatic carbocycles. The van der Waals surface area contributed by atoms with E-state index in [9.17, 15) is 5.11 Å². The summed E-state index contributed by atoms with van der Waals surface area (Å²) < 4.78 is 0. The number of aliphatic hydroxyl groups is 1. The predicted octanol–water partition coefficient (Wildman–Crippen LogP) is 3.44. The molecule has 0 saturated heterocycles. The lowest BCUT2D eigenvalue weighted by Crippen LogP contribution is -2.41. The van der Waals surface area contributed by atoms with Crippen molar-refractivity contribution in [2.75, 3.05) is 13.6 Å². The van der Waals surface area contributed by atoms with Gasteiger partial charge < -0.3 is 10.0 Å². The average molecular weight is 253 g/mol. The Hall–Kier alpha value is -0.0800. The molecule has 2 aliphatic rings. The monoisotopic (exact) mass is 253 g/mol. The Morgan fingerprint density at radius 2 is 1.67 bits per heavy atom. The first-order chi connectivity index (χ1) is 8.70. The van der Waals surface area contributed by atoms with Gasteiger partial charge in [-0.25, -0.2) is 0 Å². The highest BCUT2D eigenvalue weighted by Gasteiger charge is 2.28. The molecule has 0 heterocycles. The average Bonchev–Trinajstić information content (AvgIpc) is 2.41. The van der Waals surface area contributed by atoms with E-state index in [0.717, 1.165) is 24.9 Å². The molecule has 18 heavy (non-hydrogen) atoms. The third kappa shape index (κ3) is 3.71. The van der Waals surface area contributed by atoms with Crippen LogP contribution in [0.1, 0.15) is 64.7 Å². The van der Waals surface area contributed by atoms with Gasteiger partial charge in [0.05, 0.1) is 6.10 Å². The quantitative estimate of drug-likeness (QED) is 0.829. The van der Waals surface area contributed by atoms with Crippen molar-refractivity contribution in [1.29, 1.82) is 0 Å². The summed E-state index contributed by atoms with van der Waals surface area (Å²) >= 11 is 0. The zero-order valence-electron chi connectivity index (χ0n) is 12.3. The van der Waals surface area contributed by atoms with Crippen LogP contribution in [-0.4, -0.2) is 35.7 Å². The van der Waals surface area contributed by atoms with Crippen LogP contribution in [0.3, 0.4) is 0 Å². The molecular formula is C16H31NO. The third-order valence-corrected chi connectivity index (χ3v) is 5.41. The van der Waals surface area contributed by atoms with Gasteiger partial charge in [-0.2, -0.15) is 0 Å². The Labute approximate surface area is 113 Å². The lowest BCUT2D eigenvalue weighted by molar-refractivity contribution is 0.0367. The normalized spacial score (nSPS) is 38.0. The van der Waals surface area contributed by atoms with Crippen LogP contribution in [0.15, 0.2) is 0 Å². The Kier molecular flexibility index (Phi) is 5.50. The summed E-state index contributed by atoms with van der Waals surface area (Å²) in [6, 6.07) is 0.780. The lowest BCUT2D eigenvalue weighted by Gasteiger charge is -2.38. The molecule has 106 valence electrons. The lowest BCUT2D eigenvalue weighted by atomic mass is 9.82. The second-order valence-electron chi connectivity index (χ2n) is 6.63. The maximum atomic E-state index is 10.1. The summed E-state index contributed by atoms with van der Waals surface area (Å²) in [4.78, 5) is 2.55. The van der Waals surface area contributed by atoms with E-state index in [1.54, 1.807) is 0 Å². The van der Waals surface area contributed by atoms with E-state index < -0.39 is 0 Å². The molecule has 2 saturated carbocycles. The SMILES string of the molecule is CCC1CCC(N(C)CC2CCCCC2O)CC1. The molecule has 0 aromatic rings. The molecule has 2 fully saturated rings. The van der Waals surface area contributed by atoms with Gasteiger partial charge in [-0.3, -0.25) is 0 Å². The molecule has 0 bridgehead atoms. The van der Waals surface area contributed by atoms with Crippen molar-refractivity contribution in [2.45, 2.75) is 76.9 Å². The molecule has 0 aromatic carbocycles. The largest absolute Gasteiger partial charge is 0.393 e. The van der Waals surface area contributed by atoms with Crippen LogP contribution in [0.25, 0.3) is 0 Å². The van der Waals surface area contributed by atoms with E-state index in [1.807, 2.05) is 0 Å². The van der Waals surface area contributed by atoms with Gasteiger partial charge in [0.2, 0.25) is 0 Å². The molecular weight excluding hydrogens is 222 g/mol. The Morgan fingerprint density at radius 3 is 2.28 bits per heavy atom. The van der Waals surface area contributed by atoms with Crippen molar-refractivity contribution < 1.29 is 5.11 Å². The summed E-state index contributed by atoms with van der Waals surface area (Å²) in [6.07, 6.45) is 11.7. The number of hydrogen-bond donors (Lipinski definition) is 1. The number of nitrogens with zero attached hydrogens (tertiary/aromatic N) is 1. The second kappa shape index (κ2) is 6.91. The standard InChI is InChI=1S/C16H31NO/c1-3-13-8-10-15(11-9-13)17(2)12-14-6-4-5-7-16(14)18/h13-16,18H,3-12H2,1-2H3. The van der Waals surface area contributed by atoms with Gasteiger partial charge in [-0.05, 0) is 57.4 Å². The molecule has 0 spiro atoms. The van der Waals surface area contributed by atoms with Crippen LogP contribution in [0, 0.1) is 11.8 Å². The van der Waals surface area contributed by atoms with Crippen molar-refractivity contribution in [2.24, 2.45) is 11.8 Å². The summed E-state index contributed by atoms with van der Waals surface area (Å²) in [5, 5.41) is 10.1. The second-order valence-corrected chi connectivity index (χ2v) is 6.63. The topological polar surface area (TPSA) is 23.5 Å². The van der Waals surface area contributed by atoms with Crippen molar-refractivity contribution in [3.8, 4) is 0 Å². The predicted molar refractivity (Wildman–Crippen MR) is 76.6 cm³/mol. The molecule has 2 rings (SSSR count). The van der Waals surface area contributed by atoms with Gasteiger partial charge in [0.1, 0.15) is 0 Å². The zero-order valence-corrected chi connectivity index (χ0v) is 12.3. The minimum atomic E-state index is -0.0341.